The molecule has 0 unspecified atom stereocenters. The van der Waals surface area contributed by atoms with Gasteiger partial charge in [0.25, 0.3) is 0 Å². The lowest BCUT2D eigenvalue weighted by Crippen LogP contribution is -2.49. The Morgan fingerprint density at radius 1 is 1.43 bits per heavy atom. The van der Waals surface area contributed by atoms with E-state index in [2.05, 4.69) is 21.2 Å². The highest BCUT2D eigenvalue weighted by molar-refractivity contribution is 9.11. The van der Waals surface area contributed by atoms with Crippen LogP contribution in [0, 0.1) is 5.41 Å². The summed E-state index contributed by atoms with van der Waals surface area (Å²) in [4.78, 5) is 26.1. The number of thiophene rings is 1. The third kappa shape index (κ3) is 4.20. The normalized spacial score (nSPS) is 17.5. The molecule has 2 rings (SSSR count). The third-order valence-corrected chi connectivity index (χ3v) is 5.63. The van der Waals surface area contributed by atoms with Gasteiger partial charge in [0.1, 0.15) is 0 Å². The number of urea groups is 1. The molecule has 7 heteroatoms. The number of carboxylic acid groups (broad SMARTS) is 1. The predicted molar refractivity (Wildman–Crippen MR) is 85.7 cm³/mol. The van der Waals surface area contributed by atoms with Gasteiger partial charge in [-0.25, -0.2) is 4.79 Å². The number of carboxylic acids is 1. The summed E-state index contributed by atoms with van der Waals surface area (Å²) in [6.45, 7) is 3.34. The van der Waals surface area contributed by atoms with Crippen LogP contribution in [-0.4, -0.2) is 41.6 Å². The molecule has 2 heterocycles. The number of carbonyl (C=O) groups excluding carboxylic acids is 1. The van der Waals surface area contributed by atoms with Crippen molar-refractivity contribution in [3.05, 3.63) is 20.8 Å². The van der Waals surface area contributed by atoms with E-state index in [4.69, 9.17) is 0 Å². The molecule has 0 radical (unpaired) electrons. The average molecular weight is 375 g/mol. The Morgan fingerprint density at radius 3 is 2.62 bits per heavy atom. The molecule has 0 atom stereocenters. The Morgan fingerprint density at radius 2 is 2.10 bits per heavy atom. The zero-order valence-electron chi connectivity index (χ0n) is 11.9. The molecule has 1 fully saturated rings. The second-order valence-corrected chi connectivity index (χ2v) is 8.09. The van der Waals surface area contributed by atoms with Crippen LogP contribution in [0.25, 0.3) is 0 Å². The maximum absolute atomic E-state index is 12.0. The number of amides is 2. The van der Waals surface area contributed by atoms with Crippen molar-refractivity contribution in [2.45, 2.75) is 26.2 Å². The first-order valence-corrected chi connectivity index (χ1v) is 8.52. The van der Waals surface area contributed by atoms with E-state index >= 15 is 0 Å². The summed E-state index contributed by atoms with van der Waals surface area (Å²) in [7, 11) is 0. The number of halogens is 1. The monoisotopic (exact) mass is 374 g/mol. The van der Waals surface area contributed by atoms with Crippen molar-refractivity contribution >= 4 is 39.3 Å². The van der Waals surface area contributed by atoms with Crippen LogP contribution in [0.15, 0.2) is 15.9 Å². The van der Waals surface area contributed by atoms with Gasteiger partial charge in [0.15, 0.2) is 0 Å². The van der Waals surface area contributed by atoms with E-state index in [-0.39, 0.29) is 6.03 Å². The molecule has 21 heavy (non-hydrogen) atoms. The highest BCUT2D eigenvalue weighted by atomic mass is 79.9. The van der Waals surface area contributed by atoms with Crippen molar-refractivity contribution in [2.24, 2.45) is 5.41 Å². The van der Waals surface area contributed by atoms with E-state index in [0.717, 1.165) is 10.2 Å². The minimum absolute atomic E-state index is 0.0990. The Bertz CT molecular complexity index is 524. The molecule has 0 bridgehead atoms. The maximum atomic E-state index is 12.0. The zero-order valence-corrected chi connectivity index (χ0v) is 14.3. The summed E-state index contributed by atoms with van der Waals surface area (Å²) in [5.41, 5.74) is -0.694. The van der Waals surface area contributed by atoms with Crippen LogP contribution >= 0.6 is 27.3 Å². The number of aliphatic carboxylic acids is 1. The van der Waals surface area contributed by atoms with E-state index in [1.807, 2.05) is 12.1 Å². The summed E-state index contributed by atoms with van der Waals surface area (Å²) >= 11 is 5.08. The molecular formula is C14H19BrN2O3S. The van der Waals surface area contributed by atoms with Gasteiger partial charge in [-0.15, -0.1) is 11.3 Å². The van der Waals surface area contributed by atoms with Gasteiger partial charge in [-0.1, -0.05) is 0 Å². The molecule has 2 N–H and O–H groups in total. The SMILES string of the molecule is CC1(C(=O)O)CCN(C(=O)NCCc2ccc(Br)s2)CC1. The van der Waals surface area contributed by atoms with Crippen LogP contribution in [0.2, 0.25) is 0 Å². The van der Waals surface area contributed by atoms with E-state index in [1.54, 1.807) is 23.2 Å². The molecule has 0 spiro atoms. The highest BCUT2D eigenvalue weighted by Gasteiger charge is 2.37. The molecule has 1 saturated heterocycles. The standard InChI is InChI=1S/C14H19BrN2O3S/c1-14(12(18)19)5-8-17(9-6-14)13(20)16-7-4-10-2-3-11(15)21-10/h2-3H,4-9H2,1H3,(H,16,20)(H,18,19). The van der Waals surface area contributed by atoms with Crippen molar-refractivity contribution in [2.75, 3.05) is 19.6 Å². The number of hydrogen-bond acceptors (Lipinski definition) is 3. The summed E-state index contributed by atoms with van der Waals surface area (Å²) in [5, 5.41) is 12.1. The van der Waals surface area contributed by atoms with E-state index in [9.17, 15) is 14.7 Å². The fourth-order valence-electron chi connectivity index (χ4n) is 2.31. The smallest absolute Gasteiger partial charge is 0.317 e. The molecule has 1 aliphatic heterocycles. The van der Waals surface area contributed by atoms with Crippen molar-refractivity contribution in [3.63, 3.8) is 0 Å². The molecule has 1 aliphatic rings. The number of likely N-dealkylation sites (tertiary alicyclic amines) is 1. The number of carbonyl (C=O) groups is 2. The van der Waals surface area contributed by atoms with Crippen LogP contribution in [-0.2, 0) is 11.2 Å². The maximum Gasteiger partial charge on any atom is 0.317 e. The first-order valence-electron chi connectivity index (χ1n) is 6.91. The minimum atomic E-state index is -0.772. The lowest BCUT2D eigenvalue weighted by atomic mass is 9.80. The molecule has 1 aromatic rings. The van der Waals surface area contributed by atoms with Crippen molar-refractivity contribution in [1.82, 2.24) is 10.2 Å². The van der Waals surface area contributed by atoms with Crippen molar-refractivity contribution < 1.29 is 14.7 Å². The van der Waals surface area contributed by atoms with Gasteiger partial charge in [-0.2, -0.15) is 0 Å². The Labute approximate surface area is 136 Å². The molecule has 0 saturated carbocycles. The van der Waals surface area contributed by atoms with Crippen LogP contribution < -0.4 is 5.32 Å². The van der Waals surface area contributed by atoms with Crippen molar-refractivity contribution in [1.29, 1.82) is 0 Å². The van der Waals surface area contributed by atoms with E-state index < -0.39 is 11.4 Å². The first-order chi connectivity index (χ1) is 9.90. The lowest BCUT2D eigenvalue weighted by Gasteiger charge is -2.36. The van der Waals surface area contributed by atoms with Gasteiger partial charge in [0.05, 0.1) is 9.20 Å². The average Bonchev–Trinajstić information content (AvgIpc) is 2.85. The number of rotatable bonds is 4. The molecule has 0 aromatic carbocycles. The highest BCUT2D eigenvalue weighted by Crippen LogP contribution is 2.31. The quantitative estimate of drug-likeness (QED) is 0.850. The number of piperidine rings is 1. The van der Waals surface area contributed by atoms with Crippen LogP contribution in [0.1, 0.15) is 24.6 Å². The summed E-state index contributed by atoms with van der Waals surface area (Å²) in [6, 6.07) is 3.94. The van der Waals surface area contributed by atoms with Gasteiger partial charge < -0.3 is 15.3 Å². The lowest BCUT2D eigenvalue weighted by molar-refractivity contribution is -0.150. The van der Waals surface area contributed by atoms with Crippen LogP contribution in [0.4, 0.5) is 4.79 Å². The van der Waals surface area contributed by atoms with Gasteiger partial charge in [0.2, 0.25) is 0 Å². The fourth-order valence-corrected chi connectivity index (χ4v) is 3.79. The number of nitrogens with zero attached hydrogens (tertiary/aromatic N) is 1. The topological polar surface area (TPSA) is 69.6 Å². The summed E-state index contributed by atoms with van der Waals surface area (Å²) < 4.78 is 1.09. The van der Waals surface area contributed by atoms with Gasteiger partial charge in [-0.3, -0.25) is 4.79 Å². The number of hydrogen-bond donors (Lipinski definition) is 2. The fraction of sp³-hybridized carbons (Fsp3) is 0.571. The predicted octanol–water partition coefficient (Wildman–Crippen LogP) is 2.95. The molecule has 1 aromatic heterocycles. The van der Waals surface area contributed by atoms with Crippen LogP contribution in [0.3, 0.4) is 0 Å². The second-order valence-electron chi connectivity index (χ2n) is 5.54. The summed E-state index contributed by atoms with van der Waals surface area (Å²) in [5.74, 6) is -0.772. The Balaban J connectivity index is 1.74. The minimum Gasteiger partial charge on any atom is -0.481 e. The van der Waals surface area contributed by atoms with Gasteiger partial charge >= 0.3 is 12.0 Å². The third-order valence-electron chi connectivity index (χ3n) is 3.95. The molecular weight excluding hydrogens is 356 g/mol. The van der Waals surface area contributed by atoms with Gasteiger partial charge in [0, 0.05) is 24.5 Å². The number of nitrogens with one attached hydrogen (secondary N) is 1. The van der Waals surface area contributed by atoms with E-state index in [0.29, 0.717) is 32.5 Å². The van der Waals surface area contributed by atoms with E-state index in [1.165, 1.54) is 4.88 Å². The first kappa shape index (κ1) is 16.3. The molecule has 2 amide bonds. The largest absolute Gasteiger partial charge is 0.481 e. The van der Waals surface area contributed by atoms with Crippen LogP contribution in [0.5, 0.6) is 0 Å². The molecule has 0 aliphatic carbocycles. The van der Waals surface area contributed by atoms with Gasteiger partial charge in [-0.05, 0) is 54.2 Å². The zero-order chi connectivity index (χ0) is 15.5. The van der Waals surface area contributed by atoms with Crippen molar-refractivity contribution in [3.8, 4) is 0 Å². The molecule has 5 nitrogen and oxygen atoms in total. The second kappa shape index (κ2) is 6.79. The Kier molecular flexibility index (Phi) is 5.27. The summed E-state index contributed by atoms with van der Waals surface area (Å²) in [6.07, 6.45) is 1.82. The molecule has 116 valence electrons. The Hall–Kier alpha value is -1.08.